The van der Waals surface area contributed by atoms with Crippen molar-refractivity contribution in [3.8, 4) is 11.3 Å². The van der Waals surface area contributed by atoms with Crippen molar-refractivity contribution in [2.24, 2.45) is 0 Å². The van der Waals surface area contributed by atoms with Gasteiger partial charge in [0.1, 0.15) is 23.7 Å². The normalized spacial score (nSPS) is 16.6. The molecule has 1 fully saturated rings. The predicted octanol–water partition coefficient (Wildman–Crippen LogP) is 4.14. The third kappa shape index (κ3) is 4.49. The third-order valence-electron chi connectivity index (χ3n) is 5.73. The van der Waals surface area contributed by atoms with E-state index in [1.54, 1.807) is 33.4 Å². The first-order valence-corrected chi connectivity index (χ1v) is 10.9. The minimum absolute atomic E-state index is 0.0167. The molecule has 3 aromatic heterocycles. The fourth-order valence-corrected chi connectivity index (χ4v) is 4.25. The number of carbonyl (C=O) groups excluding carboxylic acids is 1. The SMILES string of the molecule is Nc1ncnc2c1c(-c1ccc(C(=O)Nc3cc(C(F)(F)F)ccn3)cc1)nn2[C@@H]1CCN(Cl)C1. The second kappa shape index (κ2) is 8.78. The summed E-state index contributed by atoms with van der Waals surface area (Å²) in [5.41, 5.74) is 7.29. The zero-order chi connectivity index (χ0) is 24.7. The Morgan fingerprint density at radius 3 is 2.60 bits per heavy atom. The molecule has 35 heavy (non-hydrogen) atoms. The van der Waals surface area contributed by atoms with E-state index in [1.807, 2.05) is 0 Å². The van der Waals surface area contributed by atoms with E-state index in [9.17, 15) is 18.0 Å². The second-order valence-electron chi connectivity index (χ2n) is 8.02. The van der Waals surface area contributed by atoms with E-state index in [-0.39, 0.29) is 23.2 Å². The molecule has 13 heteroatoms. The van der Waals surface area contributed by atoms with Crippen LogP contribution in [0.25, 0.3) is 22.3 Å². The number of rotatable bonds is 4. The van der Waals surface area contributed by atoms with E-state index < -0.39 is 17.6 Å². The maximum atomic E-state index is 12.9. The van der Waals surface area contributed by atoms with Gasteiger partial charge in [-0.15, -0.1) is 0 Å². The van der Waals surface area contributed by atoms with Crippen LogP contribution in [0.1, 0.15) is 28.4 Å². The minimum Gasteiger partial charge on any atom is -0.383 e. The quantitative estimate of drug-likeness (QED) is 0.403. The van der Waals surface area contributed by atoms with Crippen molar-refractivity contribution in [1.29, 1.82) is 0 Å². The Kier molecular flexibility index (Phi) is 5.77. The number of fused-ring (bicyclic) bond motifs is 1. The Labute approximate surface area is 201 Å². The molecule has 0 unspecified atom stereocenters. The van der Waals surface area contributed by atoms with Crippen LogP contribution in [0, 0.1) is 0 Å². The van der Waals surface area contributed by atoms with Crippen molar-refractivity contribution in [2.75, 3.05) is 24.1 Å². The van der Waals surface area contributed by atoms with Gasteiger partial charge >= 0.3 is 6.18 Å². The molecule has 3 N–H and O–H groups in total. The van der Waals surface area contributed by atoms with Crippen LogP contribution in [0.15, 0.2) is 48.9 Å². The first-order chi connectivity index (χ1) is 16.7. The van der Waals surface area contributed by atoms with E-state index in [0.717, 1.165) is 24.8 Å². The highest BCUT2D eigenvalue weighted by molar-refractivity contribution is 6.13. The number of benzene rings is 1. The number of halogens is 4. The number of nitrogens with one attached hydrogen (secondary N) is 1. The summed E-state index contributed by atoms with van der Waals surface area (Å²) in [6, 6.07) is 8.06. The largest absolute Gasteiger partial charge is 0.416 e. The number of carbonyl (C=O) groups is 1. The van der Waals surface area contributed by atoms with Gasteiger partial charge < -0.3 is 11.1 Å². The van der Waals surface area contributed by atoms with Gasteiger partial charge in [-0.3, -0.25) is 4.79 Å². The maximum Gasteiger partial charge on any atom is 0.416 e. The lowest BCUT2D eigenvalue weighted by atomic mass is 10.1. The van der Waals surface area contributed by atoms with Crippen LogP contribution in [-0.2, 0) is 6.18 Å². The zero-order valence-electron chi connectivity index (χ0n) is 18.0. The Hall–Kier alpha value is -3.77. The number of nitrogens with zero attached hydrogens (tertiary/aromatic N) is 6. The molecule has 1 aliphatic rings. The van der Waals surface area contributed by atoms with Gasteiger partial charge in [0.25, 0.3) is 5.91 Å². The smallest absolute Gasteiger partial charge is 0.383 e. The summed E-state index contributed by atoms with van der Waals surface area (Å²) in [5, 5.41) is 7.72. The van der Waals surface area contributed by atoms with Gasteiger partial charge in [-0.1, -0.05) is 12.1 Å². The molecule has 1 saturated heterocycles. The molecule has 1 amide bonds. The van der Waals surface area contributed by atoms with Crippen LogP contribution in [-0.4, -0.2) is 48.1 Å². The summed E-state index contributed by atoms with van der Waals surface area (Å²) in [5.74, 6) is -0.530. The first-order valence-electron chi connectivity index (χ1n) is 10.5. The minimum atomic E-state index is -4.54. The molecule has 1 atom stereocenters. The van der Waals surface area contributed by atoms with Gasteiger partial charge in [0, 0.05) is 30.4 Å². The second-order valence-corrected chi connectivity index (χ2v) is 8.50. The molecule has 180 valence electrons. The number of amides is 1. The molecular formula is C22H18ClF3N8O. The molecule has 5 rings (SSSR count). The lowest BCUT2D eigenvalue weighted by molar-refractivity contribution is -0.137. The van der Waals surface area contributed by atoms with Crippen LogP contribution in [0.5, 0.6) is 0 Å². The molecule has 0 saturated carbocycles. The van der Waals surface area contributed by atoms with E-state index in [0.29, 0.717) is 35.4 Å². The molecule has 1 aliphatic heterocycles. The van der Waals surface area contributed by atoms with Gasteiger partial charge in [-0.2, -0.15) is 18.3 Å². The number of nitrogen functional groups attached to an aromatic ring is 1. The number of nitrogens with two attached hydrogens (primary N) is 1. The number of alkyl halides is 3. The Morgan fingerprint density at radius 1 is 1.14 bits per heavy atom. The Bertz CT molecular complexity index is 1410. The summed E-state index contributed by atoms with van der Waals surface area (Å²) >= 11 is 6.14. The highest BCUT2D eigenvalue weighted by atomic mass is 35.5. The van der Waals surface area contributed by atoms with E-state index >= 15 is 0 Å². The standard InChI is InChI=1S/C22H18ClF3N8O/c23-33-8-6-15(10-33)34-20-17(19(27)29-11-30-20)18(32-34)12-1-3-13(4-2-12)21(35)31-16-9-14(5-7-28-16)22(24,25)26/h1-5,7,9,11,15H,6,8,10H2,(H2,27,29,30)(H,28,31,35)/t15-/m1/s1. The Morgan fingerprint density at radius 2 is 1.91 bits per heavy atom. The lowest BCUT2D eigenvalue weighted by Gasteiger charge is -2.10. The fourth-order valence-electron chi connectivity index (χ4n) is 4.00. The number of anilines is 2. The molecule has 0 bridgehead atoms. The molecular weight excluding hydrogens is 485 g/mol. The van der Waals surface area contributed by atoms with Crippen LogP contribution < -0.4 is 11.1 Å². The molecule has 4 aromatic rings. The molecule has 1 aromatic carbocycles. The highest BCUT2D eigenvalue weighted by Gasteiger charge is 2.31. The molecule has 0 radical (unpaired) electrons. The third-order valence-corrected chi connectivity index (χ3v) is 6.03. The van der Waals surface area contributed by atoms with Gasteiger partial charge in [0.15, 0.2) is 5.65 Å². The van der Waals surface area contributed by atoms with Gasteiger partial charge in [0.2, 0.25) is 0 Å². The van der Waals surface area contributed by atoms with Gasteiger partial charge in [0.05, 0.1) is 17.0 Å². The van der Waals surface area contributed by atoms with Crippen molar-refractivity contribution in [1.82, 2.24) is 29.2 Å². The van der Waals surface area contributed by atoms with Crippen LogP contribution in [0.2, 0.25) is 0 Å². The Balaban J connectivity index is 1.43. The zero-order valence-corrected chi connectivity index (χ0v) is 18.8. The van der Waals surface area contributed by atoms with Crippen molar-refractivity contribution >= 4 is 40.4 Å². The van der Waals surface area contributed by atoms with E-state index in [1.165, 1.54) is 6.33 Å². The molecule has 0 spiro atoms. The van der Waals surface area contributed by atoms with Crippen molar-refractivity contribution in [3.05, 3.63) is 60.0 Å². The molecule has 0 aliphatic carbocycles. The lowest BCUT2D eigenvalue weighted by Crippen LogP contribution is -2.14. The number of pyridine rings is 1. The van der Waals surface area contributed by atoms with Crippen LogP contribution in [0.4, 0.5) is 24.8 Å². The van der Waals surface area contributed by atoms with Gasteiger partial charge in [-0.25, -0.2) is 24.1 Å². The summed E-state index contributed by atoms with van der Waals surface area (Å²) in [4.78, 5) is 24.8. The molecule has 4 heterocycles. The summed E-state index contributed by atoms with van der Waals surface area (Å²) in [6.07, 6.45) is -1.37. The average molecular weight is 503 g/mol. The summed E-state index contributed by atoms with van der Waals surface area (Å²) < 4.78 is 42.2. The number of hydrogen-bond acceptors (Lipinski definition) is 7. The van der Waals surface area contributed by atoms with E-state index in [2.05, 4.69) is 20.3 Å². The van der Waals surface area contributed by atoms with Crippen molar-refractivity contribution in [2.45, 2.75) is 18.6 Å². The van der Waals surface area contributed by atoms with E-state index in [4.69, 9.17) is 22.6 Å². The first kappa shape index (κ1) is 23.0. The predicted molar refractivity (Wildman–Crippen MR) is 123 cm³/mol. The fraction of sp³-hybridized carbons (Fsp3) is 0.227. The average Bonchev–Trinajstić information content (AvgIpc) is 3.43. The van der Waals surface area contributed by atoms with Crippen LogP contribution in [0.3, 0.4) is 0 Å². The topological polar surface area (TPSA) is 115 Å². The maximum absolute atomic E-state index is 12.9. The number of aromatic nitrogens is 5. The molecule has 9 nitrogen and oxygen atoms in total. The monoisotopic (exact) mass is 502 g/mol. The summed E-state index contributed by atoms with van der Waals surface area (Å²) in [6.45, 7) is 1.32. The van der Waals surface area contributed by atoms with Gasteiger partial charge in [-0.05, 0) is 42.5 Å². The van der Waals surface area contributed by atoms with Crippen molar-refractivity contribution in [3.63, 3.8) is 0 Å². The van der Waals surface area contributed by atoms with Crippen LogP contribution >= 0.6 is 11.8 Å². The van der Waals surface area contributed by atoms with Crippen molar-refractivity contribution < 1.29 is 18.0 Å². The summed E-state index contributed by atoms with van der Waals surface area (Å²) in [7, 11) is 0. The number of hydrogen-bond donors (Lipinski definition) is 2. The highest BCUT2D eigenvalue weighted by Crippen LogP contribution is 2.34.